The van der Waals surface area contributed by atoms with Crippen LogP contribution in [-0.2, 0) is 19.4 Å². The first kappa shape index (κ1) is 20.9. The van der Waals surface area contributed by atoms with Crippen LogP contribution in [0.1, 0.15) is 19.8 Å². The minimum atomic E-state index is -3.66. The fourth-order valence-corrected chi connectivity index (χ4v) is 5.41. The minimum Gasteiger partial charge on any atom is -0.326 e. The van der Waals surface area contributed by atoms with Crippen molar-refractivity contribution in [1.29, 1.82) is 0 Å². The maximum atomic E-state index is 12.6. The van der Waals surface area contributed by atoms with E-state index in [9.17, 15) is 18.0 Å². The molecule has 0 spiro atoms. The van der Waals surface area contributed by atoms with Crippen molar-refractivity contribution in [2.75, 3.05) is 16.4 Å². The predicted octanol–water partition coefficient (Wildman–Crippen LogP) is 4.07. The van der Waals surface area contributed by atoms with Crippen LogP contribution >= 0.6 is 27.7 Å². The summed E-state index contributed by atoms with van der Waals surface area (Å²) in [6.45, 7) is 1.93. The highest BCUT2D eigenvalue weighted by molar-refractivity contribution is 9.10. The zero-order valence-corrected chi connectivity index (χ0v) is 18.3. The number of halogens is 1. The zero-order valence-electron chi connectivity index (χ0n) is 15.1. The van der Waals surface area contributed by atoms with Gasteiger partial charge in [-0.1, -0.05) is 28.9 Å². The van der Waals surface area contributed by atoms with Gasteiger partial charge in [0.15, 0.2) is 9.84 Å². The summed E-state index contributed by atoms with van der Waals surface area (Å²) in [5.41, 5.74) is 1.09. The van der Waals surface area contributed by atoms with Crippen LogP contribution in [0.2, 0.25) is 0 Å². The quantitative estimate of drug-likeness (QED) is 0.646. The van der Waals surface area contributed by atoms with Crippen LogP contribution in [0.4, 0.5) is 11.4 Å². The number of nitrogens with one attached hydrogen (secondary N) is 2. The molecule has 148 valence electrons. The van der Waals surface area contributed by atoms with E-state index in [1.807, 2.05) is 13.0 Å². The van der Waals surface area contributed by atoms with Gasteiger partial charge in [-0.05, 0) is 42.8 Å². The summed E-state index contributed by atoms with van der Waals surface area (Å²) < 4.78 is 26.1. The molecule has 0 saturated heterocycles. The van der Waals surface area contributed by atoms with Gasteiger partial charge in [-0.3, -0.25) is 9.59 Å². The van der Waals surface area contributed by atoms with Crippen LogP contribution < -0.4 is 10.6 Å². The number of amides is 2. The largest absolute Gasteiger partial charge is 0.326 e. The lowest BCUT2D eigenvalue weighted by molar-refractivity contribution is -0.116. The van der Waals surface area contributed by atoms with E-state index in [4.69, 9.17) is 0 Å². The molecule has 0 bridgehead atoms. The standard InChI is InChI=1S/C19H19BrN2O4S2/c1-2-16-19(24)22-15-11-14(6-7-17(15)27-16)28(25,26)9-8-18(23)21-13-5-3-4-12(20)10-13/h3-7,10-11,16H,2,8-9H2,1H3,(H,21,23)(H,22,24)/t16-/m0/s1. The lowest BCUT2D eigenvalue weighted by Gasteiger charge is -2.23. The van der Waals surface area contributed by atoms with Crippen molar-refractivity contribution in [3.8, 4) is 0 Å². The second kappa shape index (κ2) is 8.67. The molecule has 2 aromatic carbocycles. The summed E-state index contributed by atoms with van der Waals surface area (Å²) in [7, 11) is -3.66. The van der Waals surface area contributed by atoms with E-state index in [0.29, 0.717) is 17.8 Å². The van der Waals surface area contributed by atoms with Gasteiger partial charge < -0.3 is 10.6 Å². The van der Waals surface area contributed by atoms with Crippen LogP contribution in [-0.4, -0.2) is 31.2 Å². The zero-order chi connectivity index (χ0) is 20.3. The first-order chi connectivity index (χ1) is 13.3. The number of hydrogen-bond donors (Lipinski definition) is 2. The smallest absolute Gasteiger partial charge is 0.237 e. The van der Waals surface area contributed by atoms with Crippen LogP contribution in [0, 0.1) is 0 Å². The Morgan fingerprint density at radius 3 is 2.75 bits per heavy atom. The van der Waals surface area contributed by atoms with Gasteiger partial charge in [-0.15, -0.1) is 11.8 Å². The molecule has 3 rings (SSSR count). The van der Waals surface area contributed by atoms with Gasteiger partial charge in [0.2, 0.25) is 11.8 Å². The first-order valence-electron chi connectivity index (χ1n) is 8.68. The topological polar surface area (TPSA) is 92.3 Å². The molecule has 2 N–H and O–H groups in total. The van der Waals surface area contributed by atoms with E-state index in [1.54, 1.807) is 24.3 Å². The van der Waals surface area contributed by atoms with E-state index in [1.165, 1.54) is 23.9 Å². The van der Waals surface area contributed by atoms with Crippen molar-refractivity contribution in [2.45, 2.75) is 34.8 Å². The second-order valence-corrected chi connectivity index (χ2v) is 10.6. The Morgan fingerprint density at radius 1 is 1.25 bits per heavy atom. The normalized spacial score (nSPS) is 16.2. The fourth-order valence-electron chi connectivity index (χ4n) is 2.73. The number of rotatable bonds is 6. The highest BCUT2D eigenvalue weighted by Crippen LogP contribution is 2.38. The van der Waals surface area contributed by atoms with E-state index >= 15 is 0 Å². The summed E-state index contributed by atoms with van der Waals surface area (Å²) in [4.78, 5) is 25.1. The Labute approximate surface area is 176 Å². The van der Waals surface area contributed by atoms with Crippen molar-refractivity contribution in [1.82, 2.24) is 0 Å². The van der Waals surface area contributed by atoms with Gasteiger partial charge in [0.1, 0.15) is 0 Å². The monoisotopic (exact) mass is 482 g/mol. The van der Waals surface area contributed by atoms with E-state index in [-0.39, 0.29) is 34.1 Å². The van der Waals surface area contributed by atoms with Gasteiger partial charge in [0.05, 0.1) is 21.6 Å². The third-order valence-electron chi connectivity index (χ3n) is 4.21. The molecule has 0 aliphatic carbocycles. The maximum Gasteiger partial charge on any atom is 0.237 e. The molecule has 1 aliphatic rings. The Morgan fingerprint density at radius 2 is 2.04 bits per heavy atom. The van der Waals surface area contributed by atoms with Crippen molar-refractivity contribution in [2.24, 2.45) is 0 Å². The molecule has 2 aromatic rings. The molecule has 0 fully saturated rings. The number of hydrogen-bond acceptors (Lipinski definition) is 5. The number of fused-ring (bicyclic) bond motifs is 1. The molecule has 1 aliphatic heterocycles. The SMILES string of the molecule is CC[C@@H]1Sc2ccc(S(=O)(=O)CCC(=O)Nc3cccc(Br)c3)cc2NC1=O. The highest BCUT2D eigenvalue weighted by Gasteiger charge is 2.27. The molecule has 1 heterocycles. The van der Waals surface area contributed by atoms with Crippen molar-refractivity contribution in [3.05, 3.63) is 46.9 Å². The van der Waals surface area contributed by atoms with E-state index in [2.05, 4.69) is 26.6 Å². The van der Waals surface area contributed by atoms with Gasteiger partial charge in [0.25, 0.3) is 0 Å². The molecule has 0 unspecified atom stereocenters. The van der Waals surface area contributed by atoms with Gasteiger partial charge in [-0.25, -0.2) is 8.42 Å². The second-order valence-electron chi connectivity index (χ2n) is 6.29. The number of sulfone groups is 1. The molecule has 0 radical (unpaired) electrons. The summed E-state index contributed by atoms with van der Waals surface area (Å²) in [5.74, 6) is -0.818. The lowest BCUT2D eigenvalue weighted by atomic mass is 10.2. The molecule has 28 heavy (non-hydrogen) atoms. The summed E-state index contributed by atoms with van der Waals surface area (Å²) in [6, 6.07) is 11.8. The van der Waals surface area contributed by atoms with Crippen molar-refractivity contribution >= 4 is 60.7 Å². The Hall–Kier alpha value is -1.84. The molecule has 1 atom stereocenters. The average molecular weight is 483 g/mol. The van der Waals surface area contributed by atoms with Crippen LogP contribution in [0.3, 0.4) is 0 Å². The average Bonchev–Trinajstić information content (AvgIpc) is 2.65. The Bertz CT molecular complexity index is 1020. The fraction of sp³-hybridized carbons (Fsp3) is 0.263. The number of carbonyl (C=O) groups is 2. The maximum absolute atomic E-state index is 12.6. The van der Waals surface area contributed by atoms with E-state index in [0.717, 1.165) is 9.37 Å². The highest BCUT2D eigenvalue weighted by atomic mass is 79.9. The molecular formula is C19H19BrN2O4S2. The summed E-state index contributed by atoms with van der Waals surface area (Å²) in [6.07, 6.45) is 0.536. The third-order valence-corrected chi connectivity index (χ3v) is 7.86. The number of thioether (sulfide) groups is 1. The molecule has 2 amide bonds. The van der Waals surface area contributed by atoms with Gasteiger partial charge >= 0.3 is 0 Å². The van der Waals surface area contributed by atoms with Crippen LogP contribution in [0.5, 0.6) is 0 Å². The Balaban J connectivity index is 1.67. The molecular weight excluding hydrogens is 464 g/mol. The van der Waals surface area contributed by atoms with Crippen molar-refractivity contribution < 1.29 is 18.0 Å². The van der Waals surface area contributed by atoms with Crippen LogP contribution in [0.15, 0.2) is 56.7 Å². The molecule has 9 heteroatoms. The minimum absolute atomic E-state index is 0.0948. The molecule has 0 aromatic heterocycles. The van der Waals surface area contributed by atoms with Crippen molar-refractivity contribution in [3.63, 3.8) is 0 Å². The Kier molecular flexibility index (Phi) is 6.47. The first-order valence-corrected chi connectivity index (χ1v) is 12.0. The van der Waals surface area contributed by atoms with Gasteiger partial charge in [0, 0.05) is 21.5 Å². The molecule has 0 saturated carbocycles. The summed E-state index contributed by atoms with van der Waals surface area (Å²) >= 11 is 4.75. The number of anilines is 2. The van der Waals surface area contributed by atoms with E-state index < -0.39 is 9.84 Å². The third kappa shape index (κ3) is 4.95. The molecule has 6 nitrogen and oxygen atoms in total. The van der Waals surface area contributed by atoms with Crippen LogP contribution in [0.25, 0.3) is 0 Å². The number of benzene rings is 2. The lowest BCUT2D eigenvalue weighted by Crippen LogP contribution is -2.28. The predicted molar refractivity (Wildman–Crippen MR) is 114 cm³/mol. The number of carbonyl (C=O) groups excluding carboxylic acids is 2. The van der Waals surface area contributed by atoms with Gasteiger partial charge in [-0.2, -0.15) is 0 Å². The summed E-state index contributed by atoms with van der Waals surface area (Å²) in [5, 5.41) is 5.28.